The van der Waals surface area contributed by atoms with Gasteiger partial charge in [-0.3, -0.25) is 0 Å². The number of carbonyl (C=O) groups excluding carboxylic acids is 1. The number of aryl methyl sites for hydroxylation is 1. The van der Waals surface area contributed by atoms with E-state index in [4.69, 9.17) is 4.74 Å². The van der Waals surface area contributed by atoms with Gasteiger partial charge in [0.2, 0.25) is 0 Å². The number of hydrogen-bond donors (Lipinski definition) is 2. The van der Waals surface area contributed by atoms with Gasteiger partial charge in [0.1, 0.15) is 0 Å². The molecule has 0 saturated carbocycles. The smallest absolute Gasteiger partial charge is 0.322 e. The van der Waals surface area contributed by atoms with E-state index in [-0.39, 0.29) is 18.7 Å². The molecule has 1 heterocycles. The molecule has 5 heteroatoms. The number of benzene rings is 2. The SMILES string of the molecule is O=C(Nc1ccc2c(c1)COC2)N(CCO)C1CCc2ccccc21. The molecule has 0 aromatic heterocycles. The number of ether oxygens (including phenoxy) is 1. The summed E-state index contributed by atoms with van der Waals surface area (Å²) in [5, 5.41) is 12.4. The predicted octanol–water partition coefficient (Wildman–Crippen LogP) is 3.23. The van der Waals surface area contributed by atoms with E-state index >= 15 is 0 Å². The quantitative estimate of drug-likeness (QED) is 0.900. The van der Waals surface area contributed by atoms with Crippen molar-refractivity contribution in [2.75, 3.05) is 18.5 Å². The zero-order valence-corrected chi connectivity index (χ0v) is 14.1. The minimum Gasteiger partial charge on any atom is -0.395 e. The molecule has 1 aliphatic carbocycles. The lowest BCUT2D eigenvalue weighted by Gasteiger charge is -2.29. The first-order valence-electron chi connectivity index (χ1n) is 8.72. The summed E-state index contributed by atoms with van der Waals surface area (Å²) in [5.74, 6) is 0. The van der Waals surface area contributed by atoms with Crippen LogP contribution in [0.2, 0.25) is 0 Å². The number of aliphatic hydroxyl groups is 1. The number of fused-ring (bicyclic) bond motifs is 2. The first-order chi connectivity index (χ1) is 12.3. The van der Waals surface area contributed by atoms with E-state index in [1.165, 1.54) is 16.7 Å². The third kappa shape index (κ3) is 3.13. The van der Waals surface area contributed by atoms with Gasteiger partial charge in [0.05, 0.1) is 25.9 Å². The highest BCUT2D eigenvalue weighted by Crippen LogP contribution is 2.36. The van der Waals surface area contributed by atoms with E-state index in [1.807, 2.05) is 30.3 Å². The van der Waals surface area contributed by atoms with Crippen molar-refractivity contribution < 1.29 is 14.6 Å². The van der Waals surface area contributed by atoms with Crippen molar-refractivity contribution in [1.29, 1.82) is 0 Å². The Hall–Kier alpha value is -2.37. The average molecular weight is 338 g/mol. The number of carbonyl (C=O) groups is 1. The van der Waals surface area contributed by atoms with Crippen LogP contribution in [-0.2, 0) is 24.4 Å². The Bertz CT molecular complexity index is 790. The number of rotatable bonds is 4. The fourth-order valence-electron chi connectivity index (χ4n) is 3.81. The van der Waals surface area contributed by atoms with Gasteiger partial charge >= 0.3 is 6.03 Å². The zero-order chi connectivity index (χ0) is 17.2. The second-order valence-electron chi connectivity index (χ2n) is 6.58. The van der Waals surface area contributed by atoms with E-state index in [2.05, 4.69) is 17.4 Å². The van der Waals surface area contributed by atoms with Gasteiger partial charge in [-0.2, -0.15) is 0 Å². The summed E-state index contributed by atoms with van der Waals surface area (Å²) in [6.07, 6.45) is 1.86. The van der Waals surface area contributed by atoms with E-state index in [1.54, 1.807) is 4.90 Å². The predicted molar refractivity (Wildman–Crippen MR) is 95.2 cm³/mol. The Kier molecular flexibility index (Phi) is 4.42. The molecule has 25 heavy (non-hydrogen) atoms. The summed E-state index contributed by atoms with van der Waals surface area (Å²) in [4.78, 5) is 14.6. The van der Waals surface area contributed by atoms with Crippen LogP contribution < -0.4 is 5.32 Å². The van der Waals surface area contributed by atoms with Crippen molar-refractivity contribution in [3.63, 3.8) is 0 Å². The Morgan fingerprint density at radius 1 is 1.16 bits per heavy atom. The van der Waals surface area contributed by atoms with Crippen molar-refractivity contribution in [3.8, 4) is 0 Å². The van der Waals surface area contributed by atoms with E-state index in [0.717, 1.165) is 24.1 Å². The number of aliphatic hydroxyl groups excluding tert-OH is 1. The standard InChI is InChI=1S/C20H22N2O3/c23-10-9-22(19-8-6-14-3-1-2-4-18(14)19)20(24)21-17-7-5-15-12-25-13-16(15)11-17/h1-5,7,11,19,23H,6,8-10,12-13H2,(H,21,24). The van der Waals surface area contributed by atoms with E-state index < -0.39 is 0 Å². The summed E-state index contributed by atoms with van der Waals surface area (Å²) < 4.78 is 5.43. The van der Waals surface area contributed by atoms with Gasteiger partial charge < -0.3 is 20.1 Å². The van der Waals surface area contributed by atoms with E-state index in [9.17, 15) is 9.90 Å². The Morgan fingerprint density at radius 3 is 2.88 bits per heavy atom. The number of anilines is 1. The average Bonchev–Trinajstić information content (AvgIpc) is 3.26. The minimum atomic E-state index is -0.172. The number of nitrogens with one attached hydrogen (secondary N) is 1. The molecule has 0 bridgehead atoms. The number of urea groups is 1. The normalized spacial score (nSPS) is 17.9. The fraction of sp³-hybridized carbons (Fsp3) is 0.350. The molecular weight excluding hydrogens is 316 g/mol. The van der Waals surface area contributed by atoms with Crippen LogP contribution in [0.3, 0.4) is 0 Å². The van der Waals surface area contributed by atoms with Gasteiger partial charge in [0, 0.05) is 12.2 Å². The lowest BCUT2D eigenvalue weighted by molar-refractivity contribution is 0.134. The molecule has 0 saturated heterocycles. The van der Waals surface area contributed by atoms with Gasteiger partial charge in [-0.05, 0) is 47.2 Å². The molecule has 2 N–H and O–H groups in total. The van der Waals surface area contributed by atoms with Crippen molar-refractivity contribution in [2.45, 2.75) is 32.1 Å². The maximum Gasteiger partial charge on any atom is 0.322 e. The zero-order valence-electron chi connectivity index (χ0n) is 14.1. The van der Waals surface area contributed by atoms with Crippen LogP contribution in [0.1, 0.15) is 34.7 Å². The molecule has 5 nitrogen and oxygen atoms in total. The Balaban J connectivity index is 1.54. The van der Waals surface area contributed by atoms with Gasteiger partial charge in [0.25, 0.3) is 0 Å². The second-order valence-corrected chi connectivity index (χ2v) is 6.58. The highest BCUT2D eigenvalue weighted by atomic mass is 16.5. The van der Waals surface area contributed by atoms with Crippen molar-refractivity contribution in [3.05, 3.63) is 64.7 Å². The van der Waals surface area contributed by atoms with Crippen LogP contribution in [0.5, 0.6) is 0 Å². The highest BCUT2D eigenvalue weighted by Gasteiger charge is 2.30. The maximum absolute atomic E-state index is 12.9. The van der Waals surface area contributed by atoms with Gasteiger partial charge in [-0.15, -0.1) is 0 Å². The number of nitrogens with zero attached hydrogens (tertiary/aromatic N) is 1. The molecule has 2 aliphatic rings. The molecule has 2 aromatic carbocycles. The van der Waals surface area contributed by atoms with Crippen LogP contribution in [0, 0.1) is 0 Å². The van der Waals surface area contributed by atoms with Crippen molar-refractivity contribution >= 4 is 11.7 Å². The first-order valence-corrected chi connectivity index (χ1v) is 8.72. The Labute approximate surface area is 147 Å². The first kappa shape index (κ1) is 16.1. The molecule has 4 rings (SSSR count). The number of hydrogen-bond acceptors (Lipinski definition) is 3. The summed E-state index contributed by atoms with van der Waals surface area (Å²) >= 11 is 0. The third-order valence-corrected chi connectivity index (χ3v) is 5.05. The molecule has 1 aliphatic heterocycles. The van der Waals surface area contributed by atoms with Crippen LogP contribution in [0.4, 0.5) is 10.5 Å². The van der Waals surface area contributed by atoms with Crippen LogP contribution in [0.15, 0.2) is 42.5 Å². The Morgan fingerprint density at radius 2 is 2.00 bits per heavy atom. The lowest BCUT2D eigenvalue weighted by Crippen LogP contribution is -2.39. The second kappa shape index (κ2) is 6.86. The van der Waals surface area contributed by atoms with Crippen molar-refractivity contribution in [1.82, 2.24) is 4.90 Å². The van der Waals surface area contributed by atoms with Gasteiger partial charge in [0.15, 0.2) is 0 Å². The largest absolute Gasteiger partial charge is 0.395 e. The third-order valence-electron chi connectivity index (χ3n) is 5.05. The lowest BCUT2D eigenvalue weighted by atomic mass is 10.1. The molecule has 0 fully saturated rings. The topological polar surface area (TPSA) is 61.8 Å². The molecule has 0 spiro atoms. The molecule has 2 amide bonds. The molecule has 0 radical (unpaired) electrons. The van der Waals surface area contributed by atoms with Crippen LogP contribution in [0.25, 0.3) is 0 Å². The molecule has 2 aromatic rings. The molecule has 1 atom stereocenters. The summed E-state index contributed by atoms with van der Waals surface area (Å²) in [5.41, 5.74) is 5.54. The van der Waals surface area contributed by atoms with Gasteiger partial charge in [-0.1, -0.05) is 30.3 Å². The molecule has 130 valence electrons. The molecule has 1 unspecified atom stereocenters. The van der Waals surface area contributed by atoms with Crippen LogP contribution >= 0.6 is 0 Å². The fourth-order valence-corrected chi connectivity index (χ4v) is 3.81. The van der Waals surface area contributed by atoms with Gasteiger partial charge in [-0.25, -0.2) is 4.79 Å². The maximum atomic E-state index is 12.9. The minimum absolute atomic E-state index is 0.0149. The molecular formula is C20H22N2O3. The summed E-state index contributed by atoms with van der Waals surface area (Å²) in [6, 6.07) is 14.0. The van der Waals surface area contributed by atoms with E-state index in [0.29, 0.717) is 19.8 Å². The highest BCUT2D eigenvalue weighted by molar-refractivity contribution is 5.90. The summed E-state index contributed by atoms with van der Waals surface area (Å²) in [7, 11) is 0. The number of amides is 2. The summed E-state index contributed by atoms with van der Waals surface area (Å²) in [6.45, 7) is 1.50. The van der Waals surface area contributed by atoms with Crippen LogP contribution in [-0.4, -0.2) is 29.2 Å². The van der Waals surface area contributed by atoms with Crippen molar-refractivity contribution in [2.24, 2.45) is 0 Å². The monoisotopic (exact) mass is 338 g/mol.